The molecule has 0 amide bonds. The van der Waals surface area contributed by atoms with Crippen LogP contribution in [0.5, 0.6) is 0 Å². The number of rotatable bonds is 1. The fraction of sp³-hybridized carbons (Fsp3) is 1.00. The Bertz CT molecular complexity index is 228. The van der Waals surface area contributed by atoms with E-state index in [2.05, 4.69) is 32.7 Å². The van der Waals surface area contributed by atoms with Gasteiger partial charge in [-0.1, -0.05) is 0 Å². The van der Waals surface area contributed by atoms with Crippen molar-refractivity contribution >= 4 is 0 Å². The molecule has 0 unspecified atom stereocenters. The van der Waals surface area contributed by atoms with E-state index in [4.69, 9.17) is 0 Å². The van der Waals surface area contributed by atoms with Crippen molar-refractivity contribution in [2.75, 3.05) is 33.2 Å². The molecule has 0 spiro atoms. The van der Waals surface area contributed by atoms with Gasteiger partial charge in [0.2, 0.25) is 0 Å². The zero-order chi connectivity index (χ0) is 11.8. The van der Waals surface area contributed by atoms with Crippen LogP contribution in [0.25, 0.3) is 0 Å². The molecule has 0 saturated carbocycles. The molecule has 2 heteroatoms. The largest absolute Gasteiger partial charge is 0.324 e. The van der Waals surface area contributed by atoms with Gasteiger partial charge in [-0.2, -0.15) is 0 Å². The van der Waals surface area contributed by atoms with E-state index in [0.29, 0.717) is 5.54 Å². The molecule has 2 rings (SSSR count). The number of quaternary nitrogens is 1. The highest BCUT2D eigenvalue weighted by Gasteiger charge is 2.39. The highest BCUT2D eigenvalue weighted by molar-refractivity contribution is 4.82. The van der Waals surface area contributed by atoms with Crippen molar-refractivity contribution < 1.29 is 4.48 Å². The summed E-state index contributed by atoms with van der Waals surface area (Å²) >= 11 is 0. The summed E-state index contributed by atoms with van der Waals surface area (Å²) < 4.78 is 1.37. The van der Waals surface area contributed by atoms with Crippen molar-refractivity contribution in [3.63, 3.8) is 0 Å². The molecule has 0 aromatic rings. The van der Waals surface area contributed by atoms with E-state index in [-0.39, 0.29) is 0 Å². The van der Waals surface area contributed by atoms with Crippen LogP contribution in [0.4, 0.5) is 0 Å². The summed E-state index contributed by atoms with van der Waals surface area (Å²) in [6.45, 7) is 12.5. The summed E-state index contributed by atoms with van der Waals surface area (Å²) in [6, 6.07) is 0.945. The van der Waals surface area contributed by atoms with Gasteiger partial charge in [0.15, 0.2) is 0 Å². The molecule has 2 fully saturated rings. The summed E-state index contributed by atoms with van der Waals surface area (Å²) in [5.41, 5.74) is 0.370. The van der Waals surface area contributed by atoms with Gasteiger partial charge in [-0.25, -0.2) is 0 Å². The SMILES string of the molecule is CC(C)(C)N1CCC([N+]2(C)CCCC2)CC1. The van der Waals surface area contributed by atoms with Gasteiger partial charge >= 0.3 is 0 Å². The van der Waals surface area contributed by atoms with Gasteiger partial charge < -0.3 is 4.48 Å². The average molecular weight is 225 g/mol. The number of likely N-dealkylation sites (tertiary alicyclic amines) is 2. The Balaban J connectivity index is 1.90. The van der Waals surface area contributed by atoms with Gasteiger partial charge in [-0.15, -0.1) is 0 Å². The van der Waals surface area contributed by atoms with Crippen LogP contribution in [0.15, 0.2) is 0 Å². The molecule has 2 aliphatic heterocycles. The van der Waals surface area contributed by atoms with E-state index in [1.807, 2.05) is 0 Å². The molecule has 0 atom stereocenters. The van der Waals surface area contributed by atoms with Gasteiger partial charge in [-0.05, 0) is 20.8 Å². The number of hydrogen-bond acceptors (Lipinski definition) is 1. The lowest BCUT2D eigenvalue weighted by Gasteiger charge is -2.46. The van der Waals surface area contributed by atoms with Crippen molar-refractivity contribution in [3.8, 4) is 0 Å². The number of piperidine rings is 1. The summed E-state index contributed by atoms with van der Waals surface area (Å²) in [5, 5.41) is 0. The second-order valence-corrected chi connectivity index (χ2v) is 7.02. The third-order valence-corrected chi connectivity index (χ3v) is 4.88. The van der Waals surface area contributed by atoms with Gasteiger partial charge in [-0.3, -0.25) is 4.90 Å². The third-order valence-electron chi connectivity index (χ3n) is 4.88. The molecule has 0 N–H and O–H groups in total. The maximum absolute atomic E-state index is 2.66. The van der Waals surface area contributed by atoms with Crippen LogP contribution in [0, 0.1) is 0 Å². The van der Waals surface area contributed by atoms with Crippen LogP contribution in [0.3, 0.4) is 0 Å². The quantitative estimate of drug-likeness (QED) is 0.620. The second kappa shape index (κ2) is 4.30. The van der Waals surface area contributed by atoms with E-state index < -0.39 is 0 Å². The molecule has 0 aliphatic carbocycles. The molecule has 2 nitrogen and oxygen atoms in total. The molecular weight excluding hydrogens is 196 g/mol. The van der Waals surface area contributed by atoms with E-state index in [9.17, 15) is 0 Å². The molecule has 2 saturated heterocycles. The lowest BCUT2D eigenvalue weighted by Crippen LogP contribution is -2.56. The smallest absolute Gasteiger partial charge is 0.0913 e. The molecule has 94 valence electrons. The zero-order valence-corrected chi connectivity index (χ0v) is 11.6. The minimum atomic E-state index is 0.370. The molecule has 2 aliphatic rings. The average Bonchev–Trinajstić information content (AvgIpc) is 2.66. The Labute approximate surface area is 101 Å². The predicted octanol–water partition coefficient (Wildman–Crippen LogP) is 2.49. The fourth-order valence-electron chi connectivity index (χ4n) is 3.58. The molecule has 0 bridgehead atoms. The first-order valence-corrected chi connectivity index (χ1v) is 7.01. The summed E-state index contributed by atoms with van der Waals surface area (Å²) in [7, 11) is 2.49. The maximum Gasteiger partial charge on any atom is 0.0913 e. The van der Waals surface area contributed by atoms with E-state index >= 15 is 0 Å². The van der Waals surface area contributed by atoms with Crippen LogP contribution in [-0.4, -0.2) is 54.2 Å². The first kappa shape index (κ1) is 12.4. The third kappa shape index (κ3) is 2.43. The van der Waals surface area contributed by atoms with Crippen molar-refractivity contribution in [2.45, 2.75) is 58.0 Å². The number of hydrogen-bond donors (Lipinski definition) is 0. The Kier molecular flexibility index (Phi) is 3.33. The van der Waals surface area contributed by atoms with Crippen LogP contribution < -0.4 is 0 Å². The van der Waals surface area contributed by atoms with E-state index in [1.165, 1.54) is 56.3 Å². The molecule has 16 heavy (non-hydrogen) atoms. The van der Waals surface area contributed by atoms with Crippen LogP contribution in [0.1, 0.15) is 46.5 Å². The van der Waals surface area contributed by atoms with Crippen molar-refractivity contribution in [3.05, 3.63) is 0 Å². The van der Waals surface area contributed by atoms with Crippen molar-refractivity contribution in [1.29, 1.82) is 0 Å². The van der Waals surface area contributed by atoms with E-state index in [1.54, 1.807) is 0 Å². The van der Waals surface area contributed by atoms with Gasteiger partial charge in [0.25, 0.3) is 0 Å². The Morgan fingerprint density at radius 3 is 1.94 bits per heavy atom. The first-order chi connectivity index (χ1) is 7.42. The van der Waals surface area contributed by atoms with Crippen molar-refractivity contribution in [2.24, 2.45) is 0 Å². The molecule has 0 aromatic heterocycles. The highest BCUT2D eigenvalue weighted by atomic mass is 15.4. The molecule has 0 aromatic carbocycles. The first-order valence-electron chi connectivity index (χ1n) is 7.01. The van der Waals surface area contributed by atoms with Gasteiger partial charge in [0.05, 0.1) is 26.2 Å². The van der Waals surface area contributed by atoms with Crippen LogP contribution in [0.2, 0.25) is 0 Å². The second-order valence-electron chi connectivity index (χ2n) is 7.02. The highest BCUT2D eigenvalue weighted by Crippen LogP contribution is 2.29. The lowest BCUT2D eigenvalue weighted by atomic mass is 9.96. The fourth-order valence-corrected chi connectivity index (χ4v) is 3.58. The summed E-state index contributed by atoms with van der Waals surface area (Å²) in [5.74, 6) is 0. The Morgan fingerprint density at radius 2 is 1.50 bits per heavy atom. The standard InChI is InChI=1S/C14H29N2/c1-14(2,3)15-9-7-13(8-10-15)16(4)11-5-6-12-16/h13H,5-12H2,1-4H3/q+1. The van der Waals surface area contributed by atoms with Crippen molar-refractivity contribution in [1.82, 2.24) is 4.90 Å². The maximum atomic E-state index is 2.66. The summed E-state index contributed by atoms with van der Waals surface area (Å²) in [4.78, 5) is 2.66. The Morgan fingerprint density at radius 1 is 1.00 bits per heavy atom. The minimum absolute atomic E-state index is 0.370. The minimum Gasteiger partial charge on any atom is -0.324 e. The van der Waals surface area contributed by atoms with Gasteiger partial charge in [0.1, 0.15) is 0 Å². The Hall–Kier alpha value is -0.0800. The van der Waals surface area contributed by atoms with Gasteiger partial charge in [0, 0.05) is 44.3 Å². The molecule has 2 heterocycles. The summed E-state index contributed by atoms with van der Waals surface area (Å²) in [6.07, 6.45) is 5.73. The normalized spacial score (nSPS) is 28.5. The number of nitrogens with zero attached hydrogens (tertiary/aromatic N) is 2. The van der Waals surface area contributed by atoms with Crippen LogP contribution in [-0.2, 0) is 0 Å². The predicted molar refractivity (Wildman–Crippen MR) is 69.5 cm³/mol. The molecular formula is C14H29N2+. The molecule has 0 radical (unpaired) electrons. The topological polar surface area (TPSA) is 3.24 Å². The van der Waals surface area contributed by atoms with E-state index in [0.717, 1.165) is 6.04 Å². The zero-order valence-electron chi connectivity index (χ0n) is 11.6. The lowest BCUT2D eigenvalue weighted by molar-refractivity contribution is -0.923. The van der Waals surface area contributed by atoms with Crippen LogP contribution >= 0.6 is 0 Å². The monoisotopic (exact) mass is 225 g/mol.